The van der Waals surface area contributed by atoms with Crippen molar-refractivity contribution in [1.29, 1.82) is 0 Å². The van der Waals surface area contributed by atoms with E-state index < -0.39 is 26.5 Å². The quantitative estimate of drug-likeness (QED) is 0.551. The predicted molar refractivity (Wildman–Crippen MR) is 113 cm³/mol. The molecule has 0 fully saturated rings. The Hall–Kier alpha value is -1.04. The number of nitrogens with one attached hydrogen (secondary N) is 2. The molecule has 0 radical (unpaired) electrons. The molecule has 2 atom stereocenters. The summed E-state index contributed by atoms with van der Waals surface area (Å²) in [5.41, 5.74) is 0.916. The van der Waals surface area contributed by atoms with Gasteiger partial charge in [-0.05, 0) is 39.2 Å². The van der Waals surface area contributed by atoms with Crippen molar-refractivity contribution >= 4 is 20.4 Å². The van der Waals surface area contributed by atoms with Crippen LogP contribution in [0, 0.1) is 0 Å². The van der Waals surface area contributed by atoms with E-state index in [0.29, 0.717) is 0 Å². The number of rotatable bonds is 11. The van der Waals surface area contributed by atoms with E-state index in [1.165, 1.54) is 22.7 Å². The molecule has 10 heteroatoms. The van der Waals surface area contributed by atoms with E-state index in [9.17, 15) is 16.8 Å². The van der Waals surface area contributed by atoms with Gasteiger partial charge in [0, 0.05) is 38.8 Å². The molecule has 1 aromatic carbocycles. The zero-order valence-corrected chi connectivity index (χ0v) is 19.4. The summed E-state index contributed by atoms with van der Waals surface area (Å²) in [6, 6.07) is 8.30. The van der Waals surface area contributed by atoms with Gasteiger partial charge in [-0.2, -0.15) is 30.2 Å². The minimum absolute atomic E-state index is 0.0688. The van der Waals surface area contributed by atoms with Gasteiger partial charge in [-0.1, -0.05) is 37.3 Å². The van der Waals surface area contributed by atoms with Crippen molar-refractivity contribution in [2.45, 2.75) is 58.7 Å². The number of hydrogen-bond acceptors (Lipinski definition) is 4. The molecule has 1 aromatic rings. The topological polar surface area (TPSA) is 98.8 Å². The van der Waals surface area contributed by atoms with Crippen LogP contribution in [0.15, 0.2) is 30.3 Å². The predicted octanol–water partition coefficient (Wildman–Crippen LogP) is 1.51. The molecule has 0 heterocycles. The molecule has 0 unspecified atom stereocenters. The third kappa shape index (κ3) is 6.78. The second-order valence-corrected chi connectivity index (χ2v) is 11.1. The van der Waals surface area contributed by atoms with Gasteiger partial charge in [-0.3, -0.25) is 0 Å². The van der Waals surface area contributed by atoms with E-state index >= 15 is 0 Å². The third-order valence-corrected chi connectivity index (χ3v) is 8.42. The van der Waals surface area contributed by atoms with E-state index in [1.54, 1.807) is 27.7 Å². The second-order valence-electron chi connectivity index (χ2n) is 7.50. The van der Waals surface area contributed by atoms with E-state index in [2.05, 4.69) is 9.44 Å². The average Bonchev–Trinajstić information content (AvgIpc) is 2.63. The molecule has 1 rings (SSSR count). The van der Waals surface area contributed by atoms with Gasteiger partial charge in [0.25, 0.3) is 20.4 Å². The Morgan fingerprint density at radius 1 is 0.821 bits per heavy atom. The first-order valence-electron chi connectivity index (χ1n) is 9.32. The molecule has 2 N–H and O–H groups in total. The highest BCUT2D eigenvalue weighted by Gasteiger charge is 2.30. The van der Waals surface area contributed by atoms with Crippen LogP contribution in [0.2, 0.25) is 0 Å². The summed E-state index contributed by atoms with van der Waals surface area (Å²) in [5.74, 6) is -0.247. The molecular formula is C18H34N4O4S2. The summed E-state index contributed by atoms with van der Waals surface area (Å²) in [6.07, 6.45) is 0. The van der Waals surface area contributed by atoms with Crippen LogP contribution in [-0.4, -0.2) is 64.2 Å². The van der Waals surface area contributed by atoms with Gasteiger partial charge in [0.05, 0.1) is 0 Å². The van der Waals surface area contributed by atoms with Gasteiger partial charge in [0.2, 0.25) is 0 Å². The zero-order chi connectivity index (χ0) is 21.7. The van der Waals surface area contributed by atoms with Gasteiger partial charge in [-0.25, -0.2) is 4.72 Å². The Morgan fingerprint density at radius 2 is 1.29 bits per heavy atom. The van der Waals surface area contributed by atoms with Crippen LogP contribution in [0.5, 0.6) is 0 Å². The summed E-state index contributed by atoms with van der Waals surface area (Å²) in [5, 5.41) is 0. The molecule has 0 spiro atoms. The highest BCUT2D eigenvalue weighted by molar-refractivity contribution is 7.87. The first kappa shape index (κ1) is 25.0. The molecule has 0 aliphatic rings. The molecule has 0 aliphatic heterocycles. The number of nitrogens with zero attached hydrogens (tertiary/aromatic N) is 2. The van der Waals surface area contributed by atoms with Crippen molar-refractivity contribution in [1.82, 2.24) is 18.1 Å². The maximum absolute atomic E-state index is 12.7. The highest BCUT2D eigenvalue weighted by Crippen LogP contribution is 2.20. The minimum Gasteiger partial charge on any atom is -0.200 e. The van der Waals surface area contributed by atoms with E-state index in [1.807, 2.05) is 37.3 Å². The highest BCUT2D eigenvalue weighted by atomic mass is 32.2. The van der Waals surface area contributed by atoms with Crippen molar-refractivity contribution in [2.24, 2.45) is 0 Å². The molecule has 0 saturated heterocycles. The monoisotopic (exact) mass is 434 g/mol. The van der Waals surface area contributed by atoms with Gasteiger partial charge in [0.15, 0.2) is 0 Å². The number of benzene rings is 1. The van der Waals surface area contributed by atoms with Crippen LogP contribution in [0.25, 0.3) is 0 Å². The fourth-order valence-corrected chi connectivity index (χ4v) is 4.98. The third-order valence-electron chi connectivity index (χ3n) is 4.93. The smallest absolute Gasteiger partial charge is 0.200 e. The zero-order valence-electron chi connectivity index (χ0n) is 17.7. The molecular weight excluding hydrogens is 400 g/mol. The summed E-state index contributed by atoms with van der Waals surface area (Å²) < 4.78 is 58.0. The standard InChI is InChI=1S/C18H34N4O4S2/c1-14(2)21(6)27(23,24)19-13-18(16(5)17-11-9-8-10-12-17)20-28(25,26)22(7)15(3)4/h8-12,14-16,18-20H,13H2,1-7H3/t16-,18-/m1/s1. The summed E-state index contributed by atoms with van der Waals surface area (Å²) >= 11 is 0. The Labute approximate surface area is 170 Å². The van der Waals surface area contributed by atoms with Crippen molar-refractivity contribution in [3.63, 3.8) is 0 Å². The normalized spacial score (nSPS) is 15.5. The first-order valence-corrected chi connectivity index (χ1v) is 12.2. The van der Waals surface area contributed by atoms with Crippen molar-refractivity contribution in [3.8, 4) is 0 Å². The number of hydrogen-bond donors (Lipinski definition) is 2. The van der Waals surface area contributed by atoms with Gasteiger partial charge >= 0.3 is 0 Å². The van der Waals surface area contributed by atoms with Crippen LogP contribution >= 0.6 is 0 Å². The van der Waals surface area contributed by atoms with Gasteiger partial charge in [0.1, 0.15) is 0 Å². The largest absolute Gasteiger partial charge is 0.279 e. The second kappa shape index (κ2) is 10.1. The van der Waals surface area contributed by atoms with Crippen molar-refractivity contribution in [3.05, 3.63) is 35.9 Å². The maximum Gasteiger partial charge on any atom is 0.279 e. The summed E-state index contributed by atoms with van der Waals surface area (Å²) in [7, 11) is -4.53. The van der Waals surface area contributed by atoms with Crippen LogP contribution in [0.4, 0.5) is 0 Å². The van der Waals surface area contributed by atoms with Crippen LogP contribution < -0.4 is 9.44 Å². The molecule has 0 aliphatic carbocycles. The molecule has 0 amide bonds. The Balaban J connectivity index is 3.12. The van der Waals surface area contributed by atoms with Crippen molar-refractivity contribution < 1.29 is 16.8 Å². The van der Waals surface area contributed by atoms with Crippen LogP contribution in [-0.2, 0) is 20.4 Å². The van der Waals surface area contributed by atoms with E-state index in [4.69, 9.17) is 0 Å². The molecule has 0 saturated carbocycles. The molecule has 28 heavy (non-hydrogen) atoms. The minimum atomic E-state index is -3.78. The lowest BCUT2D eigenvalue weighted by atomic mass is 9.94. The Morgan fingerprint density at radius 3 is 1.75 bits per heavy atom. The molecule has 0 aromatic heterocycles. The van der Waals surface area contributed by atoms with Crippen LogP contribution in [0.3, 0.4) is 0 Å². The Kier molecular flexibility index (Phi) is 9.04. The lowest BCUT2D eigenvalue weighted by Gasteiger charge is -2.30. The summed E-state index contributed by atoms with van der Waals surface area (Å²) in [4.78, 5) is 0. The van der Waals surface area contributed by atoms with E-state index in [0.717, 1.165) is 5.56 Å². The van der Waals surface area contributed by atoms with Gasteiger partial charge in [-0.15, -0.1) is 0 Å². The van der Waals surface area contributed by atoms with Crippen molar-refractivity contribution in [2.75, 3.05) is 20.6 Å². The summed E-state index contributed by atoms with van der Waals surface area (Å²) in [6.45, 7) is 8.89. The lowest BCUT2D eigenvalue weighted by molar-refractivity contribution is 0.381. The van der Waals surface area contributed by atoms with Gasteiger partial charge < -0.3 is 0 Å². The Bertz CT molecular complexity index is 811. The fourth-order valence-electron chi connectivity index (χ4n) is 2.44. The first-order chi connectivity index (χ1) is 12.8. The lowest BCUT2D eigenvalue weighted by Crippen LogP contribution is -2.53. The molecule has 162 valence electrons. The van der Waals surface area contributed by atoms with Crippen LogP contribution in [0.1, 0.15) is 46.1 Å². The molecule has 8 nitrogen and oxygen atoms in total. The molecule has 0 bridgehead atoms. The van der Waals surface area contributed by atoms with E-state index in [-0.39, 0.29) is 24.5 Å². The average molecular weight is 435 g/mol. The SMILES string of the molecule is CC(C)N(C)S(=O)(=O)NC[C@@H](NS(=O)(=O)N(C)C(C)C)[C@H](C)c1ccccc1. The fraction of sp³-hybridized carbons (Fsp3) is 0.667. The maximum atomic E-state index is 12.7.